The number of carbonyl (C=O) groups excluding carboxylic acids is 1. The third kappa shape index (κ3) is 4.58. The third-order valence-corrected chi connectivity index (χ3v) is 5.48. The second-order valence-corrected chi connectivity index (χ2v) is 7.75. The molecule has 7 nitrogen and oxygen atoms in total. The van der Waals surface area contributed by atoms with Crippen LogP contribution in [0.1, 0.15) is 16.1 Å². The van der Waals surface area contributed by atoms with E-state index < -0.39 is 37.6 Å². The second-order valence-electron chi connectivity index (χ2n) is 5.69. The number of imidazole rings is 1. The number of sulfonamides is 1. The summed E-state index contributed by atoms with van der Waals surface area (Å²) < 4.78 is 64.7. The first-order chi connectivity index (χ1) is 13.6. The zero-order valence-electron chi connectivity index (χ0n) is 14.3. The smallest absolute Gasteiger partial charge is 0.295 e. The predicted molar refractivity (Wildman–Crippen MR) is 97.8 cm³/mol. The lowest BCUT2D eigenvalue weighted by Crippen LogP contribution is -2.42. The van der Waals surface area contributed by atoms with Crippen molar-refractivity contribution in [1.29, 1.82) is 0 Å². The van der Waals surface area contributed by atoms with Crippen molar-refractivity contribution >= 4 is 27.5 Å². The molecule has 29 heavy (non-hydrogen) atoms. The van der Waals surface area contributed by atoms with E-state index in [1.54, 1.807) is 35.2 Å². The van der Waals surface area contributed by atoms with Gasteiger partial charge in [0.15, 0.2) is 0 Å². The van der Waals surface area contributed by atoms with Crippen LogP contribution in [0.3, 0.4) is 0 Å². The summed E-state index contributed by atoms with van der Waals surface area (Å²) in [6.45, 7) is 0. The minimum absolute atomic E-state index is 0.00552. The second kappa shape index (κ2) is 7.85. The van der Waals surface area contributed by atoms with Crippen LogP contribution in [0.25, 0.3) is 5.69 Å². The van der Waals surface area contributed by atoms with Gasteiger partial charge in [-0.25, -0.2) is 13.4 Å². The van der Waals surface area contributed by atoms with E-state index >= 15 is 0 Å². The van der Waals surface area contributed by atoms with Crippen molar-refractivity contribution in [3.8, 4) is 5.69 Å². The normalized spacial score (nSPS) is 12.0. The molecule has 1 amide bonds. The van der Waals surface area contributed by atoms with Gasteiger partial charge in [0.25, 0.3) is 15.9 Å². The van der Waals surface area contributed by atoms with Crippen molar-refractivity contribution in [3.63, 3.8) is 0 Å². The van der Waals surface area contributed by atoms with Crippen LogP contribution in [0, 0.1) is 0 Å². The zero-order chi connectivity index (χ0) is 21.2. The van der Waals surface area contributed by atoms with Crippen molar-refractivity contribution in [1.82, 2.24) is 19.8 Å². The van der Waals surface area contributed by atoms with E-state index in [9.17, 15) is 26.4 Å². The lowest BCUT2D eigenvalue weighted by Gasteiger charge is -2.13. The van der Waals surface area contributed by atoms with E-state index in [2.05, 4.69) is 4.98 Å². The van der Waals surface area contributed by atoms with Crippen LogP contribution in [0.15, 0.2) is 66.0 Å². The Hall–Kier alpha value is -2.89. The van der Waals surface area contributed by atoms with Crippen molar-refractivity contribution in [2.24, 2.45) is 0 Å². The molecule has 152 valence electrons. The van der Waals surface area contributed by atoms with Gasteiger partial charge < -0.3 is 0 Å². The first-order valence-corrected chi connectivity index (χ1v) is 9.72. The molecule has 0 unspecified atom stereocenters. The van der Waals surface area contributed by atoms with Crippen LogP contribution in [0.4, 0.5) is 13.2 Å². The molecule has 0 aliphatic carbocycles. The standard InChI is InChI=1S/C17H12ClF3N4O3S/c18-13-7-6-11(17(19,20)21)8-15(13)29(27,28)24-23-16(26)14-9-22-10-25(14)12-4-2-1-3-5-12/h1-10,24H,(H,23,26). The van der Waals surface area contributed by atoms with Gasteiger partial charge in [0.2, 0.25) is 0 Å². The number of nitrogens with zero attached hydrogens (tertiary/aromatic N) is 2. The van der Waals surface area contributed by atoms with Gasteiger partial charge in [-0.1, -0.05) is 29.8 Å². The summed E-state index contributed by atoms with van der Waals surface area (Å²) in [7, 11) is -4.58. The number of hydrogen-bond acceptors (Lipinski definition) is 4. The Balaban J connectivity index is 1.82. The lowest BCUT2D eigenvalue weighted by atomic mass is 10.2. The maximum absolute atomic E-state index is 12.9. The minimum atomic E-state index is -4.76. The molecule has 0 atom stereocenters. The summed E-state index contributed by atoms with van der Waals surface area (Å²) in [5.74, 6) is -0.877. The topological polar surface area (TPSA) is 93.1 Å². The highest BCUT2D eigenvalue weighted by Gasteiger charge is 2.33. The number of nitrogens with one attached hydrogen (secondary N) is 2. The zero-order valence-corrected chi connectivity index (χ0v) is 15.9. The van der Waals surface area contributed by atoms with Gasteiger partial charge in [-0.2, -0.15) is 13.2 Å². The monoisotopic (exact) mass is 444 g/mol. The molecular weight excluding hydrogens is 433 g/mol. The fraction of sp³-hybridized carbons (Fsp3) is 0.0588. The average Bonchev–Trinajstić information content (AvgIpc) is 3.16. The molecule has 1 heterocycles. The molecule has 12 heteroatoms. The van der Waals surface area contributed by atoms with Crippen molar-refractivity contribution < 1.29 is 26.4 Å². The third-order valence-electron chi connectivity index (χ3n) is 3.75. The Bertz CT molecular complexity index is 1150. The summed E-state index contributed by atoms with van der Waals surface area (Å²) in [5, 5.41) is -0.436. The molecule has 0 spiro atoms. The average molecular weight is 445 g/mol. The Morgan fingerprint density at radius 1 is 1.10 bits per heavy atom. The number of benzene rings is 2. The highest BCUT2D eigenvalue weighted by atomic mass is 35.5. The summed E-state index contributed by atoms with van der Waals surface area (Å²) in [6.07, 6.45) is -2.21. The number of carbonyl (C=O) groups is 1. The number of rotatable bonds is 5. The van der Waals surface area contributed by atoms with Gasteiger partial charge in [0.05, 0.1) is 23.1 Å². The number of hydrogen-bond donors (Lipinski definition) is 2. The van der Waals surface area contributed by atoms with Crippen molar-refractivity contribution in [2.75, 3.05) is 0 Å². The molecular formula is C17H12ClF3N4O3S. The molecule has 0 saturated carbocycles. The Morgan fingerprint density at radius 2 is 1.79 bits per heavy atom. The number of aromatic nitrogens is 2. The molecule has 0 aliphatic heterocycles. The fourth-order valence-corrected chi connectivity index (χ4v) is 3.74. The first-order valence-electron chi connectivity index (χ1n) is 7.86. The van der Waals surface area contributed by atoms with Crippen LogP contribution in [-0.4, -0.2) is 23.9 Å². The predicted octanol–water partition coefficient (Wildman–Crippen LogP) is 3.17. The van der Waals surface area contributed by atoms with Crippen LogP contribution < -0.4 is 10.3 Å². The van der Waals surface area contributed by atoms with Gasteiger partial charge in [0, 0.05) is 5.69 Å². The highest BCUT2D eigenvalue weighted by Crippen LogP contribution is 2.33. The summed E-state index contributed by atoms with van der Waals surface area (Å²) in [4.78, 5) is 17.1. The molecule has 0 fully saturated rings. The van der Waals surface area contributed by atoms with Gasteiger partial charge in [-0.05, 0) is 30.3 Å². The Labute approximate surface area is 168 Å². The molecule has 2 N–H and O–H groups in total. The van der Waals surface area contributed by atoms with Gasteiger partial charge in [-0.3, -0.25) is 14.8 Å². The minimum Gasteiger partial charge on any atom is -0.295 e. The lowest BCUT2D eigenvalue weighted by molar-refractivity contribution is -0.137. The molecule has 0 bridgehead atoms. The molecule has 2 aromatic carbocycles. The van der Waals surface area contributed by atoms with E-state index in [0.717, 1.165) is 6.07 Å². The number of amides is 1. The van der Waals surface area contributed by atoms with Crippen LogP contribution >= 0.6 is 11.6 Å². The summed E-state index contributed by atoms with van der Waals surface area (Å²) >= 11 is 5.74. The van der Waals surface area contributed by atoms with Crippen LogP contribution in [0.2, 0.25) is 5.02 Å². The number of hydrazine groups is 1. The maximum Gasteiger partial charge on any atom is 0.416 e. The molecule has 3 rings (SSSR count). The Kier molecular flexibility index (Phi) is 5.64. The van der Waals surface area contributed by atoms with E-state index in [4.69, 9.17) is 11.6 Å². The quantitative estimate of drug-likeness (QED) is 0.591. The number of alkyl halides is 3. The first kappa shape index (κ1) is 20.8. The van der Waals surface area contributed by atoms with Crippen molar-refractivity contribution in [2.45, 2.75) is 11.1 Å². The molecule has 0 radical (unpaired) electrons. The largest absolute Gasteiger partial charge is 0.416 e. The van der Waals surface area contributed by atoms with E-state index in [1.165, 1.54) is 17.1 Å². The van der Waals surface area contributed by atoms with Crippen molar-refractivity contribution in [3.05, 3.63) is 77.3 Å². The van der Waals surface area contributed by atoms with Gasteiger partial charge in [-0.15, -0.1) is 4.83 Å². The van der Waals surface area contributed by atoms with Crippen LogP contribution in [0.5, 0.6) is 0 Å². The van der Waals surface area contributed by atoms with Crippen LogP contribution in [-0.2, 0) is 16.2 Å². The summed E-state index contributed by atoms with van der Waals surface area (Å²) in [6, 6.07) is 10.5. The van der Waals surface area contributed by atoms with E-state index in [0.29, 0.717) is 17.8 Å². The molecule has 1 aromatic heterocycles. The molecule has 0 saturated heterocycles. The number of halogens is 4. The SMILES string of the molecule is O=C(NNS(=O)(=O)c1cc(C(F)(F)F)ccc1Cl)c1cncn1-c1ccccc1. The number of para-hydroxylation sites is 1. The Morgan fingerprint density at radius 3 is 2.45 bits per heavy atom. The highest BCUT2D eigenvalue weighted by molar-refractivity contribution is 7.89. The maximum atomic E-state index is 12.9. The molecule has 0 aliphatic rings. The van der Waals surface area contributed by atoms with E-state index in [-0.39, 0.29) is 5.69 Å². The van der Waals surface area contributed by atoms with Gasteiger partial charge >= 0.3 is 6.18 Å². The fourth-order valence-electron chi connectivity index (χ4n) is 2.38. The summed E-state index contributed by atoms with van der Waals surface area (Å²) in [5.41, 5.74) is 1.33. The van der Waals surface area contributed by atoms with E-state index in [1.807, 2.05) is 5.43 Å². The molecule has 3 aromatic rings. The van der Waals surface area contributed by atoms with Gasteiger partial charge in [0.1, 0.15) is 10.6 Å².